The lowest BCUT2D eigenvalue weighted by Gasteiger charge is -2.27. The van der Waals surface area contributed by atoms with Crippen molar-refractivity contribution in [2.75, 3.05) is 13.2 Å². The number of hydrogen-bond acceptors (Lipinski definition) is 7. The smallest absolute Gasteiger partial charge is 0.312 e. The number of aryl methyl sites for hydroxylation is 1. The minimum Gasteiger partial charge on any atom is -0.486 e. The zero-order valence-electron chi connectivity index (χ0n) is 19.9. The molecule has 1 aliphatic heterocycles. The lowest BCUT2D eigenvalue weighted by Crippen LogP contribution is -2.33. The van der Waals surface area contributed by atoms with E-state index in [0.29, 0.717) is 40.9 Å². The fourth-order valence-corrected chi connectivity index (χ4v) is 4.44. The molecule has 0 bridgehead atoms. The van der Waals surface area contributed by atoms with E-state index in [9.17, 15) is 14.4 Å². The molecule has 0 fully saturated rings. The van der Waals surface area contributed by atoms with Crippen LogP contribution in [0.4, 0.5) is 0 Å². The second-order valence-electron chi connectivity index (χ2n) is 8.70. The number of nitrogens with one attached hydrogen (secondary N) is 1. The Morgan fingerprint density at radius 2 is 1.81 bits per heavy atom. The van der Waals surface area contributed by atoms with E-state index in [-0.39, 0.29) is 30.5 Å². The van der Waals surface area contributed by atoms with Gasteiger partial charge in [-0.25, -0.2) is 5.10 Å². The quantitative estimate of drug-likeness (QED) is 0.315. The van der Waals surface area contributed by atoms with Crippen LogP contribution in [0, 0.1) is 13.8 Å². The molecule has 1 atom stereocenters. The Hall–Kier alpha value is -4.40. The molecule has 36 heavy (non-hydrogen) atoms. The molecule has 0 aliphatic carbocycles. The highest BCUT2D eigenvalue weighted by atomic mass is 16.6. The van der Waals surface area contributed by atoms with Gasteiger partial charge in [0, 0.05) is 22.3 Å². The molecule has 3 heterocycles. The Labute approximate surface area is 206 Å². The van der Waals surface area contributed by atoms with E-state index in [0.717, 1.165) is 17.1 Å². The number of Topliss-reactive ketones (excluding diaryl/α,β-unsaturated/α-hetero) is 1. The van der Waals surface area contributed by atoms with E-state index in [1.54, 1.807) is 30.3 Å². The molecule has 9 heteroatoms. The van der Waals surface area contributed by atoms with Crippen LogP contribution in [0.5, 0.6) is 11.5 Å². The summed E-state index contributed by atoms with van der Waals surface area (Å²) in [6.07, 6.45) is -0.366. The standard InChI is InChI=1S/C27H25N3O6/c1-16-11-21(17(2)30(16)13-18-14-34-24-9-5-6-10-25(24)36-18)23(31)15-35-26(32)12-22-19-7-3-4-8-20(19)27(33)29-28-22/h3-11,18H,12-15H2,1-2H3,(H,29,33). The number of carbonyl (C=O) groups excluding carboxylic acids is 2. The molecule has 4 aromatic rings. The molecular formula is C27H25N3O6. The van der Waals surface area contributed by atoms with Crippen molar-refractivity contribution in [1.29, 1.82) is 0 Å². The summed E-state index contributed by atoms with van der Waals surface area (Å²) in [5, 5.41) is 7.39. The highest BCUT2D eigenvalue weighted by molar-refractivity contribution is 5.99. The summed E-state index contributed by atoms with van der Waals surface area (Å²) in [7, 11) is 0. The molecule has 0 amide bonds. The van der Waals surface area contributed by atoms with Crippen LogP contribution in [0.15, 0.2) is 59.4 Å². The summed E-state index contributed by atoms with van der Waals surface area (Å²) in [6.45, 7) is 4.31. The molecule has 184 valence electrons. The predicted octanol–water partition coefficient (Wildman–Crippen LogP) is 3.15. The number of ether oxygens (including phenoxy) is 3. The minimum atomic E-state index is -0.603. The van der Waals surface area contributed by atoms with Crippen LogP contribution in [0.1, 0.15) is 27.4 Å². The monoisotopic (exact) mass is 487 g/mol. The Morgan fingerprint density at radius 3 is 2.61 bits per heavy atom. The van der Waals surface area contributed by atoms with E-state index in [4.69, 9.17) is 14.2 Å². The van der Waals surface area contributed by atoms with Gasteiger partial charge in [0.05, 0.1) is 24.0 Å². The third-order valence-electron chi connectivity index (χ3n) is 6.28. The number of benzene rings is 2. The van der Waals surface area contributed by atoms with E-state index in [1.165, 1.54) is 0 Å². The topological polar surface area (TPSA) is 113 Å². The summed E-state index contributed by atoms with van der Waals surface area (Å²) >= 11 is 0. The van der Waals surface area contributed by atoms with E-state index in [2.05, 4.69) is 10.2 Å². The van der Waals surface area contributed by atoms with Crippen molar-refractivity contribution in [3.05, 3.63) is 87.6 Å². The number of carbonyl (C=O) groups is 2. The van der Waals surface area contributed by atoms with Crippen molar-refractivity contribution < 1.29 is 23.8 Å². The summed E-state index contributed by atoms with van der Waals surface area (Å²) < 4.78 is 19.1. The SMILES string of the molecule is Cc1cc(C(=O)COC(=O)Cc2n[nH]c(=O)c3ccccc23)c(C)n1CC1COc2ccccc2O1. The first-order valence-corrected chi connectivity index (χ1v) is 11.6. The van der Waals surface area contributed by atoms with Gasteiger partial charge in [-0.3, -0.25) is 14.4 Å². The number of aromatic nitrogens is 3. The third-order valence-corrected chi connectivity index (χ3v) is 6.28. The zero-order valence-corrected chi connectivity index (χ0v) is 19.9. The number of fused-ring (bicyclic) bond motifs is 2. The molecule has 1 aliphatic rings. The maximum Gasteiger partial charge on any atom is 0.312 e. The molecule has 0 spiro atoms. The molecule has 5 rings (SSSR count). The fourth-order valence-electron chi connectivity index (χ4n) is 4.44. The maximum absolute atomic E-state index is 12.9. The average molecular weight is 488 g/mol. The van der Waals surface area contributed by atoms with Gasteiger partial charge in [0.15, 0.2) is 24.2 Å². The Balaban J connectivity index is 1.23. The van der Waals surface area contributed by atoms with Gasteiger partial charge in [-0.2, -0.15) is 5.10 Å². The average Bonchev–Trinajstić information content (AvgIpc) is 3.17. The highest BCUT2D eigenvalue weighted by Crippen LogP contribution is 2.31. The molecular weight excluding hydrogens is 462 g/mol. The predicted molar refractivity (Wildman–Crippen MR) is 132 cm³/mol. The molecule has 0 saturated heterocycles. The fraction of sp³-hybridized carbons (Fsp3) is 0.259. The van der Waals surface area contributed by atoms with Crippen LogP contribution in [0.2, 0.25) is 0 Å². The van der Waals surface area contributed by atoms with Gasteiger partial charge < -0.3 is 18.8 Å². The van der Waals surface area contributed by atoms with Crippen molar-refractivity contribution in [3.63, 3.8) is 0 Å². The summed E-state index contributed by atoms with van der Waals surface area (Å²) in [4.78, 5) is 37.3. The van der Waals surface area contributed by atoms with E-state index >= 15 is 0 Å². The Kier molecular flexibility index (Phi) is 6.28. The molecule has 9 nitrogen and oxygen atoms in total. The lowest BCUT2D eigenvalue weighted by atomic mass is 10.1. The van der Waals surface area contributed by atoms with Crippen LogP contribution in [0.25, 0.3) is 10.8 Å². The van der Waals surface area contributed by atoms with Crippen molar-refractivity contribution >= 4 is 22.5 Å². The molecule has 2 aromatic carbocycles. The number of esters is 1. The Morgan fingerprint density at radius 1 is 1.08 bits per heavy atom. The number of nitrogens with zero attached hydrogens (tertiary/aromatic N) is 2. The first-order chi connectivity index (χ1) is 17.4. The molecule has 0 saturated carbocycles. The van der Waals surface area contributed by atoms with E-state index < -0.39 is 5.97 Å². The highest BCUT2D eigenvalue weighted by Gasteiger charge is 2.24. The van der Waals surface area contributed by atoms with Crippen molar-refractivity contribution in [2.24, 2.45) is 0 Å². The minimum absolute atomic E-state index is 0.163. The first kappa shape index (κ1) is 23.3. The summed E-state index contributed by atoms with van der Waals surface area (Å²) in [5.41, 5.74) is 2.21. The first-order valence-electron chi connectivity index (χ1n) is 11.6. The van der Waals surface area contributed by atoms with E-state index in [1.807, 2.05) is 42.7 Å². The molecule has 0 radical (unpaired) electrons. The number of para-hydroxylation sites is 2. The molecule has 2 aromatic heterocycles. The maximum atomic E-state index is 12.9. The van der Waals surface area contributed by atoms with Crippen LogP contribution in [-0.4, -0.2) is 45.8 Å². The normalized spacial score (nSPS) is 14.6. The van der Waals surface area contributed by atoms with Gasteiger partial charge >= 0.3 is 5.97 Å². The van der Waals surface area contributed by atoms with Crippen molar-refractivity contribution in [3.8, 4) is 11.5 Å². The van der Waals surface area contributed by atoms with Crippen LogP contribution in [0.3, 0.4) is 0 Å². The van der Waals surface area contributed by atoms with Gasteiger partial charge in [0.25, 0.3) is 5.56 Å². The summed E-state index contributed by atoms with van der Waals surface area (Å²) in [5.74, 6) is 0.517. The number of aromatic amines is 1. The molecule has 1 unspecified atom stereocenters. The van der Waals surface area contributed by atoms with Crippen LogP contribution in [-0.2, 0) is 22.5 Å². The van der Waals surface area contributed by atoms with Crippen molar-refractivity contribution in [1.82, 2.24) is 14.8 Å². The Bertz CT molecular complexity index is 1520. The van der Waals surface area contributed by atoms with Crippen molar-refractivity contribution in [2.45, 2.75) is 32.9 Å². The van der Waals surface area contributed by atoms with Crippen LogP contribution >= 0.6 is 0 Å². The molecule has 1 N–H and O–H groups in total. The second-order valence-corrected chi connectivity index (χ2v) is 8.70. The lowest BCUT2D eigenvalue weighted by molar-refractivity contribution is -0.141. The van der Waals surface area contributed by atoms with Gasteiger partial charge in [-0.05, 0) is 38.1 Å². The largest absolute Gasteiger partial charge is 0.486 e. The number of hydrogen-bond donors (Lipinski definition) is 1. The van der Waals surface area contributed by atoms with Gasteiger partial charge in [-0.15, -0.1) is 0 Å². The van der Waals surface area contributed by atoms with Gasteiger partial charge in [0.2, 0.25) is 5.78 Å². The van der Waals surface area contributed by atoms with Crippen LogP contribution < -0.4 is 15.0 Å². The van der Waals surface area contributed by atoms with Gasteiger partial charge in [-0.1, -0.05) is 30.3 Å². The summed E-state index contributed by atoms with van der Waals surface area (Å²) in [6, 6.07) is 16.2. The number of H-pyrrole nitrogens is 1. The zero-order chi connectivity index (χ0) is 25.2. The second kappa shape index (κ2) is 9.69. The number of ketones is 1. The van der Waals surface area contributed by atoms with Gasteiger partial charge in [0.1, 0.15) is 6.61 Å². The third kappa shape index (κ3) is 4.59. The number of rotatable bonds is 7.